The predicted octanol–water partition coefficient (Wildman–Crippen LogP) is 6.06. The fourth-order valence-electron chi connectivity index (χ4n) is 4.41. The minimum absolute atomic E-state index is 0.0742. The smallest absolute Gasteiger partial charge is 0.264 e. The van der Waals surface area contributed by atoms with Gasteiger partial charge in [0, 0.05) is 18.1 Å². The highest BCUT2D eigenvalue weighted by molar-refractivity contribution is 7.92. The highest BCUT2D eigenvalue weighted by atomic mass is 35.5. The lowest BCUT2D eigenvalue weighted by atomic mass is 10.1. The molecule has 0 saturated heterocycles. The molecular weight excluding hydrogens is 468 g/mol. The zero-order chi connectivity index (χ0) is 24.3. The first-order chi connectivity index (χ1) is 16.3. The van der Waals surface area contributed by atoms with E-state index >= 15 is 0 Å². The number of hydrogen-bond donors (Lipinski definition) is 0. The summed E-state index contributed by atoms with van der Waals surface area (Å²) in [7, 11) is -2.14. The van der Waals surface area contributed by atoms with Crippen molar-refractivity contribution < 1.29 is 13.2 Å². The molecule has 3 aromatic carbocycles. The Morgan fingerprint density at radius 3 is 2.21 bits per heavy atom. The quantitative estimate of drug-likeness (QED) is 0.399. The van der Waals surface area contributed by atoms with Crippen molar-refractivity contribution >= 4 is 33.2 Å². The maximum Gasteiger partial charge on any atom is 0.264 e. The maximum absolute atomic E-state index is 13.9. The number of amides is 1. The molecule has 0 N–H and O–H groups in total. The fraction of sp³-hybridized carbons (Fsp3) is 0.296. The normalized spacial score (nSPS) is 14.2. The number of halogens is 1. The molecule has 4 rings (SSSR count). The predicted molar refractivity (Wildman–Crippen MR) is 137 cm³/mol. The van der Waals surface area contributed by atoms with Crippen LogP contribution in [0.2, 0.25) is 5.02 Å². The van der Waals surface area contributed by atoms with Crippen molar-refractivity contribution in [3.05, 3.63) is 94.5 Å². The molecule has 3 aromatic rings. The molecule has 1 saturated carbocycles. The van der Waals surface area contributed by atoms with Gasteiger partial charge in [-0.15, -0.1) is 0 Å². The molecule has 0 aromatic heterocycles. The summed E-state index contributed by atoms with van der Waals surface area (Å²) in [6, 6.07) is 21.0. The monoisotopic (exact) mass is 496 g/mol. The summed E-state index contributed by atoms with van der Waals surface area (Å²) in [5.41, 5.74) is 2.48. The van der Waals surface area contributed by atoms with Crippen molar-refractivity contribution in [2.24, 2.45) is 0 Å². The summed E-state index contributed by atoms with van der Waals surface area (Å²) in [6.07, 6.45) is 4.16. The molecule has 0 bridgehead atoms. The Balaban J connectivity index is 1.80. The van der Waals surface area contributed by atoms with Gasteiger partial charge in [-0.1, -0.05) is 66.4 Å². The van der Waals surface area contributed by atoms with Crippen LogP contribution in [0, 0.1) is 6.92 Å². The van der Waals surface area contributed by atoms with Gasteiger partial charge < -0.3 is 4.90 Å². The number of aryl methyl sites for hydroxylation is 1. The first kappa shape index (κ1) is 24.3. The van der Waals surface area contributed by atoms with Gasteiger partial charge in [0.2, 0.25) is 0 Å². The van der Waals surface area contributed by atoms with E-state index in [1.807, 2.05) is 14.0 Å². The molecule has 7 heteroatoms. The average Bonchev–Trinajstić information content (AvgIpc) is 3.38. The van der Waals surface area contributed by atoms with Gasteiger partial charge in [0.25, 0.3) is 15.9 Å². The second kappa shape index (κ2) is 10.2. The molecule has 0 atom stereocenters. The lowest BCUT2D eigenvalue weighted by molar-refractivity contribution is 0.0736. The topological polar surface area (TPSA) is 57.7 Å². The fourth-order valence-corrected chi connectivity index (χ4v) is 6.01. The van der Waals surface area contributed by atoms with Gasteiger partial charge >= 0.3 is 0 Å². The first-order valence-corrected chi connectivity index (χ1v) is 13.3. The van der Waals surface area contributed by atoms with E-state index in [-0.39, 0.29) is 23.4 Å². The molecule has 0 spiro atoms. The summed E-state index contributed by atoms with van der Waals surface area (Å²) >= 11 is 6.05. The standard InChI is InChI=1S/C27H29ClN2O3S/c1-20-11-17-24(18-12-20)34(32,33)30(19-21-13-15-22(28)16-14-21)26-10-6-5-9-25(26)27(31)29(2)23-7-3-4-8-23/h5-6,9-18,23H,3-4,7-8,19H2,1-2H3. The minimum Gasteiger partial charge on any atom is -0.339 e. The Bertz CT molecular complexity index is 1250. The Morgan fingerprint density at radius 2 is 1.56 bits per heavy atom. The van der Waals surface area contributed by atoms with E-state index in [1.165, 1.54) is 4.31 Å². The lowest BCUT2D eigenvalue weighted by Crippen LogP contribution is -2.37. The summed E-state index contributed by atoms with van der Waals surface area (Å²) < 4.78 is 29.1. The van der Waals surface area contributed by atoms with Crippen molar-refractivity contribution in [3.63, 3.8) is 0 Å². The Hall–Kier alpha value is -2.83. The van der Waals surface area contributed by atoms with Crippen LogP contribution in [0.15, 0.2) is 77.7 Å². The van der Waals surface area contributed by atoms with Crippen LogP contribution in [0.3, 0.4) is 0 Å². The van der Waals surface area contributed by atoms with E-state index in [0.717, 1.165) is 36.8 Å². The Labute approximate surface area is 207 Å². The van der Waals surface area contributed by atoms with Crippen LogP contribution in [0.4, 0.5) is 5.69 Å². The number of carbonyl (C=O) groups excluding carboxylic acids is 1. The Kier molecular flexibility index (Phi) is 7.29. The summed E-state index contributed by atoms with van der Waals surface area (Å²) in [5, 5.41) is 0.574. The van der Waals surface area contributed by atoms with Crippen LogP contribution in [-0.4, -0.2) is 32.3 Å². The van der Waals surface area contributed by atoms with E-state index in [2.05, 4.69) is 0 Å². The number of para-hydroxylation sites is 1. The first-order valence-electron chi connectivity index (χ1n) is 11.5. The van der Waals surface area contributed by atoms with Gasteiger partial charge in [-0.2, -0.15) is 0 Å². The summed E-state index contributed by atoms with van der Waals surface area (Å²) in [6.45, 7) is 1.99. The molecule has 34 heavy (non-hydrogen) atoms. The van der Waals surface area contributed by atoms with Crippen LogP contribution in [0.5, 0.6) is 0 Å². The van der Waals surface area contributed by atoms with Crippen LogP contribution < -0.4 is 4.31 Å². The van der Waals surface area contributed by atoms with Crippen molar-refractivity contribution in [2.45, 2.75) is 50.1 Å². The third-order valence-corrected chi connectivity index (χ3v) is 8.47. The summed E-state index contributed by atoms with van der Waals surface area (Å²) in [4.78, 5) is 15.5. The zero-order valence-electron chi connectivity index (χ0n) is 19.4. The second-order valence-corrected chi connectivity index (χ2v) is 11.1. The van der Waals surface area contributed by atoms with Crippen molar-refractivity contribution in [1.82, 2.24) is 4.90 Å². The van der Waals surface area contributed by atoms with Crippen LogP contribution >= 0.6 is 11.6 Å². The molecular formula is C27H29ClN2O3S. The minimum atomic E-state index is -3.95. The second-order valence-electron chi connectivity index (χ2n) is 8.82. The molecule has 1 amide bonds. The van der Waals surface area contributed by atoms with Gasteiger partial charge in [-0.05, 0) is 61.7 Å². The van der Waals surface area contributed by atoms with Gasteiger partial charge in [0.05, 0.1) is 22.7 Å². The molecule has 1 aliphatic rings. The van der Waals surface area contributed by atoms with Crippen LogP contribution in [0.25, 0.3) is 0 Å². The summed E-state index contributed by atoms with van der Waals surface area (Å²) in [5.74, 6) is -0.164. The third kappa shape index (κ3) is 5.13. The number of benzene rings is 3. The van der Waals surface area contributed by atoms with Crippen molar-refractivity contribution in [3.8, 4) is 0 Å². The SMILES string of the molecule is Cc1ccc(S(=O)(=O)N(Cc2ccc(Cl)cc2)c2ccccc2C(=O)N(C)C2CCCC2)cc1. The number of carbonyl (C=O) groups is 1. The highest BCUT2D eigenvalue weighted by Crippen LogP contribution is 2.32. The highest BCUT2D eigenvalue weighted by Gasteiger charge is 2.31. The lowest BCUT2D eigenvalue weighted by Gasteiger charge is -2.29. The number of hydrogen-bond acceptors (Lipinski definition) is 3. The van der Waals surface area contributed by atoms with Crippen LogP contribution in [0.1, 0.15) is 47.2 Å². The van der Waals surface area contributed by atoms with E-state index < -0.39 is 10.0 Å². The number of anilines is 1. The Morgan fingerprint density at radius 1 is 0.941 bits per heavy atom. The molecule has 178 valence electrons. The number of rotatable bonds is 7. The number of nitrogens with zero attached hydrogens (tertiary/aromatic N) is 2. The van der Waals surface area contributed by atoms with Crippen LogP contribution in [-0.2, 0) is 16.6 Å². The maximum atomic E-state index is 13.9. The zero-order valence-corrected chi connectivity index (χ0v) is 21.0. The van der Waals surface area contributed by atoms with Gasteiger partial charge in [-0.3, -0.25) is 9.10 Å². The van der Waals surface area contributed by atoms with Gasteiger partial charge in [0.15, 0.2) is 0 Å². The molecule has 0 heterocycles. The van der Waals surface area contributed by atoms with Crippen molar-refractivity contribution in [2.75, 3.05) is 11.4 Å². The average molecular weight is 497 g/mol. The number of sulfonamides is 1. The van der Waals surface area contributed by atoms with E-state index in [1.54, 1.807) is 77.7 Å². The van der Waals surface area contributed by atoms with E-state index in [9.17, 15) is 13.2 Å². The molecule has 1 fully saturated rings. The molecule has 0 aliphatic heterocycles. The molecule has 5 nitrogen and oxygen atoms in total. The van der Waals surface area contributed by atoms with E-state index in [0.29, 0.717) is 16.3 Å². The molecule has 1 aliphatic carbocycles. The molecule has 0 radical (unpaired) electrons. The van der Waals surface area contributed by atoms with Gasteiger partial charge in [0.1, 0.15) is 0 Å². The van der Waals surface area contributed by atoms with E-state index in [4.69, 9.17) is 11.6 Å². The van der Waals surface area contributed by atoms with Crippen molar-refractivity contribution in [1.29, 1.82) is 0 Å². The molecule has 0 unspecified atom stereocenters. The largest absolute Gasteiger partial charge is 0.339 e. The van der Waals surface area contributed by atoms with Gasteiger partial charge in [-0.25, -0.2) is 8.42 Å². The third-order valence-electron chi connectivity index (χ3n) is 6.44.